The SMILES string of the molecule is NCCC(O)C(O)c1ccc(Br)c(C(F)(F)F)c1. The highest BCUT2D eigenvalue weighted by molar-refractivity contribution is 9.10. The molecule has 0 aliphatic heterocycles. The van der Waals surface area contributed by atoms with Crippen LogP contribution in [0.15, 0.2) is 22.7 Å². The molecule has 0 spiro atoms. The van der Waals surface area contributed by atoms with Gasteiger partial charge in [0.05, 0.1) is 11.7 Å². The molecule has 102 valence electrons. The first-order chi connectivity index (χ1) is 8.27. The minimum atomic E-state index is -4.52. The predicted molar refractivity (Wildman–Crippen MR) is 63.8 cm³/mol. The van der Waals surface area contributed by atoms with E-state index in [-0.39, 0.29) is 23.0 Å². The summed E-state index contributed by atoms with van der Waals surface area (Å²) in [5.41, 5.74) is 4.33. The molecule has 3 nitrogen and oxygen atoms in total. The maximum atomic E-state index is 12.6. The molecule has 0 amide bonds. The first-order valence-electron chi connectivity index (χ1n) is 5.20. The summed E-state index contributed by atoms with van der Waals surface area (Å²) in [7, 11) is 0. The van der Waals surface area contributed by atoms with Gasteiger partial charge in [-0.25, -0.2) is 0 Å². The number of halogens is 4. The van der Waals surface area contributed by atoms with Gasteiger partial charge in [-0.15, -0.1) is 0 Å². The van der Waals surface area contributed by atoms with Gasteiger partial charge < -0.3 is 15.9 Å². The maximum absolute atomic E-state index is 12.6. The summed E-state index contributed by atoms with van der Waals surface area (Å²) in [5, 5.41) is 19.2. The van der Waals surface area contributed by atoms with Crippen molar-refractivity contribution in [1.29, 1.82) is 0 Å². The van der Waals surface area contributed by atoms with Gasteiger partial charge in [0, 0.05) is 4.47 Å². The third-order valence-corrected chi connectivity index (χ3v) is 3.16. The van der Waals surface area contributed by atoms with Crippen LogP contribution in [-0.2, 0) is 6.18 Å². The highest BCUT2D eigenvalue weighted by Crippen LogP contribution is 2.36. The second-order valence-corrected chi connectivity index (χ2v) is 4.68. The largest absolute Gasteiger partial charge is 0.417 e. The molecular weight excluding hydrogens is 315 g/mol. The molecule has 0 aliphatic rings. The summed E-state index contributed by atoms with van der Waals surface area (Å²) in [5.74, 6) is 0. The molecule has 2 unspecified atom stereocenters. The van der Waals surface area contributed by atoms with Crippen LogP contribution in [0.1, 0.15) is 23.7 Å². The first-order valence-corrected chi connectivity index (χ1v) is 5.99. The highest BCUT2D eigenvalue weighted by Gasteiger charge is 2.34. The lowest BCUT2D eigenvalue weighted by molar-refractivity contribution is -0.138. The molecule has 0 radical (unpaired) electrons. The fraction of sp³-hybridized carbons (Fsp3) is 0.455. The van der Waals surface area contributed by atoms with Crippen molar-refractivity contribution in [3.05, 3.63) is 33.8 Å². The van der Waals surface area contributed by atoms with Crippen LogP contribution in [0.3, 0.4) is 0 Å². The Kier molecular flexibility index (Phi) is 5.15. The summed E-state index contributed by atoms with van der Waals surface area (Å²) < 4.78 is 37.8. The topological polar surface area (TPSA) is 66.5 Å². The van der Waals surface area contributed by atoms with Gasteiger partial charge in [-0.1, -0.05) is 22.0 Å². The van der Waals surface area contributed by atoms with Crippen LogP contribution >= 0.6 is 15.9 Å². The second kappa shape index (κ2) is 6.01. The van der Waals surface area contributed by atoms with E-state index in [2.05, 4.69) is 15.9 Å². The molecule has 0 bridgehead atoms. The van der Waals surface area contributed by atoms with Crippen LogP contribution in [0.25, 0.3) is 0 Å². The minimum absolute atomic E-state index is 0.00600. The van der Waals surface area contributed by atoms with Crippen molar-refractivity contribution in [3.8, 4) is 0 Å². The Morgan fingerprint density at radius 2 is 1.89 bits per heavy atom. The highest BCUT2D eigenvalue weighted by atomic mass is 79.9. The van der Waals surface area contributed by atoms with Crippen molar-refractivity contribution in [2.24, 2.45) is 5.73 Å². The van der Waals surface area contributed by atoms with Gasteiger partial charge in [0.2, 0.25) is 0 Å². The third kappa shape index (κ3) is 3.68. The molecule has 1 aromatic rings. The molecule has 2 atom stereocenters. The molecule has 0 aromatic heterocycles. The van der Waals surface area contributed by atoms with E-state index in [1.54, 1.807) is 0 Å². The smallest absolute Gasteiger partial charge is 0.390 e. The molecule has 0 aliphatic carbocycles. The van der Waals surface area contributed by atoms with Crippen molar-refractivity contribution in [3.63, 3.8) is 0 Å². The molecule has 0 fully saturated rings. The number of aliphatic hydroxyl groups excluding tert-OH is 2. The Labute approximate surface area is 111 Å². The molecule has 0 saturated heterocycles. The van der Waals surface area contributed by atoms with Gasteiger partial charge in [-0.05, 0) is 30.7 Å². The molecule has 0 heterocycles. The lowest BCUT2D eigenvalue weighted by Gasteiger charge is -2.19. The zero-order chi connectivity index (χ0) is 13.9. The summed E-state index contributed by atoms with van der Waals surface area (Å²) >= 11 is 2.80. The van der Waals surface area contributed by atoms with Gasteiger partial charge in [-0.2, -0.15) is 13.2 Å². The van der Waals surface area contributed by atoms with Crippen LogP contribution in [0.5, 0.6) is 0 Å². The quantitative estimate of drug-likeness (QED) is 0.794. The van der Waals surface area contributed by atoms with Crippen LogP contribution in [0.2, 0.25) is 0 Å². The Bertz CT molecular complexity index is 412. The number of rotatable bonds is 4. The maximum Gasteiger partial charge on any atom is 0.417 e. The van der Waals surface area contributed by atoms with Gasteiger partial charge >= 0.3 is 6.18 Å². The van der Waals surface area contributed by atoms with Crippen LogP contribution in [-0.4, -0.2) is 22.9 Å². The molecule has 18 heavy (non-hydrogen) atoms. The van der Waals surface area contributed by atoms with E-state index < -0.39 is 23.9 Å². The average Bonchev–Trinajstić information content (AvgIpc) is 2.27. The molecule has 4 N–H and O–H groups in total. The predicted octanol–water partition coefficient (Wildman–Crippen LogP) is 2.21. The van der Waals surface area contributed by atoms with Gasteiger partial charge in [-0.3, -0.25) is 0 Å². The Morgan fingerprint density at radius 3 is 2.39 bits per heavy atom. The second-order valence-electron chi connectivity index (χ2n) is 3.83. The molecule has 7 heteroatoms. The number of hydrogen-bond donors (Lipinski definition) is 3. The van der Waals surface area contributed by atoms with E-state index in [1.807, 2.05) is 0 Å². The van der Waals surface area contributed by atoms with E-state index in [0.29, 0.717) is 0 Å². The fourth-order valence-electron chi connectivity index (χ4n) is 1.49. The van der Waals surface area contributed by atoms with Crippen LogP contribution in [0, 0.1) is 0 Å². The van der Waals surface area contributed by atoms with Gasteiger partial charge in [0.25, 0.3) is 0 Å². The third-order valence-electron chi connectivity index (χ3n) is 2.46. The lowest BCUT2D eigenvalue weighted by Crippen LogP contribution is -2.22. The summed E-state index contributed by atoms with van der Waals surface area (Å²) in [6, 6.07) is 3.33. The molecule has 0 saturated carbocycles. The summed E-state index contributed by atoms with van der Waals surface area (Å²) in [6.07, 6.45) is -6.98. The standard InChI is InChI=1S/C11H13BrF3NO2/c12-8-2-1-6(5-7(8)11(13,14)15)10(18)9(17)3-4-16/h1-2,5,9-10,17-18H,3-4,16H2. The zero-order valence-electron chi connectivity index (χ0n) is 9.28. The average molecular weight is 328 g/mol. The Morgan fingerprint density at radius 1 is 1.28 bits per heavy atom. The van der Waals surface area contributed by atoms with Crippen molar-refractivity contribution >= 4 is 15.9 Å². The van der Waals surface area contributed by atoms with E-state index in [1.165, 1.54) is 12.1 Å². The van der Waals surface area contributed by atoms with Gasteiger partial charge in [0.15, 0.2) is 0 Å². The number of aliphatic hydroxyl groups is 2. The zero-order valence-corrected chi connectivity index (χ0v) is 10.9. The van der Waals surface area contributed by atoms with Crippen LogP contribution < -0.4 is 5.73 Å². The van der Waals surface area contributed by atoms with E-state index >= 15 is 0 Å². The van der Waals surface area contributed by atoms with Crippen molar-refractivity contribution in [2.45, 2.75) is 24.8 Å². The van der Waals surface area contributed by atoms with E-state index in [4.69, 9.17) is 5.73 Å². The van der Waals surface area contributed by atoms with E-state index in [0.717, 1.165) is 6.07 Å². The monoisotopic (exact) mass is 327 g/mol. The summed E-state index contributed by atoms with van der Waals surface area (Å²) in [6.45, 7) is 0.140. The first kappa shape index (κ1) is 15.4. The molecular formula is C11H13BrF3NO2. The number of alkyl halides is 3. The molecule has 1 rings (SSSR count). The normalized spacial score (nSPS) is 15.5. The van der Waals surface area contributed by atoms with Gasteiger partial charge in [0.1, 0.15) is 6.10 Å². The minimum Gasteiger partial charge on any atom is -0.390 e. The Balaban J connectivity index is 3.05. The number of hydrogen-bond acceptors (Lipinski definition) is 3. The summed E-state index contributed by atoms with van der Waals surface area (Å²) in [4.78, 5) is 0. The number of benzene rings is 1. The lowest BCUT2D eigenvalue weighted by atomic mass is 10.00. The Hall–Kier alpha value is -0.630. The number of nitrogens with two attached hydrogens (primary N) is 1. The van der Waals surface area contributed by atoms with Crippen molar-refractivity contribution in [2.75, 3.05) is 6.54 Å². The molecule has 1 aromatic carbocycles. The fourth-order valence-corrected chi connectivity index (χ4v) is 1.97. The van der Waals surface area contributed by atoms with Crippen molar-refractivity contribution < 1.29 is 23.4 Å². The van der Waals surface area contributed by atoms with Crippen molar-refractivity contribution in [1.82, 2.24) is 0 Å². The van der Waals surface area contributed by atoms with E-state index in [9.17, 15) is 23.4 Å². The van der Waals surface area contributed by atoms with Crippen LogP contribution in [0.4, 0.5) is 13.2 Å².